The Morgan fingerprint density at radius 2 is 1.50 bits per heavy atom. The number of hydrogen-bond donors (Lipinski definition) is 0. The van der Waals surface area contributed by atoms with Gasteiger partial charge in [0.15, 0.2) is 0 Å². The van der Waals surface area contributed by atoms with E-state index in [1.165, 1.54) is 11.8 Å². The SMILES string of the molecule is Cc1ccc(-c2cc(-c3ccc(Cl)cc3)c(C#N)c(SCC(=O)N3c4ccccc4Sc4ccccc43)n2)cc1. The van der Waals surface area contributed by atoms with E-state index < -0.39 is 0 Å². The van der Waals surface area contributed by atoms with Gasteiger partial charge in [-0.05, 0) is 55.0 Å². The Bertz CT molecular complexity index is 1730. The minimum Gasteiger partial charge on any atom is -0.278 e. The molecule has 7 heteroatoms. The first-order valence-electron chi connectivity index (χ1n) is 12.6. The standard InChI is InChI=1S/C33H22ClN3OS2/c1-21-10-12-23(13-11-21)27-18-25(22-14-16-24(34)17-15-22)26(19-35)33(36-27)39-20-32(38)37-28-6-2-4-8-30(28)40-31-9-5-3-7-29(31)37/h2-18H,20H2,1H3. The molecule has 1 aliphatic rings. The van der Waals surface area contributed by atoms with E-state index in [-0.39, 0.29) is 11.7 Å². The zero-order chi connectivity index (χ0) is 27.6. The van der Waals surface area contributed by atoms with Gasteiger partial charge in [-0.1, -0.05) is 101 Å². The molecule has 1 aromatic heterocycles. The monoisotopic (exact) mass is 575 g/mol. The average Bonchev–Trinajstić information content (AvgIpc) is 2.99. The number of rotatable bonds is 5. The molecule has 2 heterocycles. The molecule has 6 rings (SSSR count). The molecule has 0 saturated carbocycles. The van der Waals surface area contributed by atoms with E-state index in [1.807, 2.05) is 110 Å². The second-order valence-electron chi connectivity index (χ2n) is 9.28. The smallest absolute Gasteiger partial charge is 0.242 e. The highest BCUT2D eigenvalue weighted by Crippen LogP contribution is 2.48. The number of fused-ring (bicyclic) bond motifs is 2. The van der Waals surface area contributed by atoms with E-state index in [0.29, 0.717) is 15.6 Å². The molecule has 0 atom stereocenters. The number of halogens is 1. The van der Waals surface area contributed by atoms with Crippen LogP contribution in [0.2, 0.25) is 5.02 Å². The lowest BCUT2D eigenvalue weighted by Gasteiger charge is -2.31. The molecule has 0 unspecified atom stereocenters. The Kier molecular flexibility index (Phi) is 7.36. The number of amides is 1. The van der Waals surface area contributed by atoms with E-state index >= 15 is 0 Å². The summed E-state index contributed by atoms with van der Waals surface area (Å²) in [6.07, 6.45) is 0. The maximum Gasteiger partial charge on any atom is 0.242 e. The van der Waals surface area contributed by atoms with E-state index in [2.05, 4.69) is 6.07 Å². The van der Waals surface area contributed by atoms with Gasteiger partial charge in [0.2, 0.25) is 5.91 Å². The van der Waals surface area contributed by atoms with Crippen molar-refractivity contribution in [3.05, 3.63) is 119 Å². The Morgan fingerprint density at radius 3 is 2.12 bits per heavy atom. The fourth-order valence-electron chi connectivity index (χ4n) is 4.63. The van der Waals surface area contributed by atoms with Crippen molar-refractivity contribution in [2.75, 3.05) is 10.7 Å². The minimum absolute atomic E-state index is 0.0790. The summed E-state index contributed by atoms with van der Waals surface area (Å²) >= 11 is 9.10. The lowest BCUT2D eigenvalue weighted by molar-refractivity contribution is -0.115. The fourth-order valence-corrected chi connectivity index (χ4v) is 6.67. The van der Waals surface area contributed by atoms with Crippen molar-refractivity contribution >= 4 is 52.4 Å². The van der Waals surface area contributed by atoms with Crippen molar-refractivity contribution < 1.29 is 4.79 Å². The van der Waals surface area contributed by atoms with E-state index in [0.717, 1.165) is 49.1 Å². The highest BCUT2D eigenvalue weighted by molar-refractivity contribution is 8.00. The summed E-state index contributed by atoms with van der Waals surface area (Å²) in [5.41, 5.74) is 6.60. The Hall–Kier alpha value is -4.02. The first-order chi connectivity index (χ1) is 19.5. The summed E-state index contributed by atoms with van der Waals surface area (Å²) in [4.78, 5) is 22.6. The Labute approximate surface area is 246 Å². The van der Waals surface area contributed by atoms with Crippen LogP contribution in [-0.2, 0) is 4.79 Å². The van der Waals surface area contributed by atoms with E-state index in [4.69, 9.17) is 16.6 Å². The maximum absolute atomic E-state index is 13.9. The zero-order valence-corrected chi connectivity index (χ0v) is 23.9. The van der Waals surface area contributed by atoms with Crippen LogP contribution in [-0.4, -0.2) is 16.6 Å². The van der Waals surface area contributed by atoms with Crippen molar-refractivity contribution in [1.29, 1.82) is 5.26 Å². The highest BCUT2D eigenvalue weighted by atomic mass is 35.5. The average molecular weight is 576 g/mol. The summed E-state index contributed by atoms with van der Waals surface area (Å²) in [7, 11) is 0. The van der Waals surface area contributed by atoms with Crippen molar-refractivity contribution in [2.24, 2.45) is 0 Å². The van der Waals surface area contributed by atoms with Crippen molar-refractivity contribution in [3.63, 3.8) is 0 Å². The fraction of sp³-hybridized carbons (Fsp3) is 0.0606. The minimum atomic E-state index is -0.0790. The van der Waals surface area contributed by atoms with Crippen LogP contribution in [0.3, 0.4) is 0 Å². The number of nitrogens with zero attached hydrogens (tertiary/aromatic N) is 3. The van der Waals surface area contributed by atoms with Gasteiger partial charge in [0, 0.05) is 25.9 Å². The van der Waals surface area contributed by atoms with Gasteiger partial charge in [0.1, 0.15) is 11.1 Å². The molecule has 194 valence electrons. The number of benzene rings is 4. The summed E-state index contributed by atoms with van der Waals surface area (Å²) in [6.45, 7) is 2.04. The third-order valence-electron chi connectivity index (χ3n) is 6.61. The Morgan fingerprint density at radius 1 is 0.900 bits per heavy atom. The predicted molar refractivity (Wildman–Crippen MR) is 164 cm³/mol. The summed E-state index contributed by atoms with van der Waals surface area (Å²) in [5.74, 6) is 0.0385. The highest BCUT2D eigenvalue weighted by Gasteiger charge is 2.28. The van der Waals surface area contributed by atoms with E-state index in [1.54, 1.807) is 16.7 Å². The quantitative estimate of drug-likeness (QED) is 0.195. The lowest BCUT2D eigenvalue weighted by atomic mass is 9.99. The number of thioether (sulfide) groups is 1. The second-order valence-corrected chi connectivity index (χ2v) is 11.8. The van der Waals surface area contributed by atoms with Gasteiger partial charge in [-0.25, -0.2) is 4.98 Å². The molecule has 0 N–H and O–H groups in total. The number of anilines is 2. The Balaban J connectivity index is 1.40. The van der Waals surface area contributed by atoms with Crippen LogP contribution in [0.25, 0.3) is 22.4 Å². The molecular weight excluding hydrogens is 554 g/mol. The maximum atomic E-state index is 13.9. The molecule has 0 fully saturated rings. The van der Waals surface area contributed by atoms with Gasteiger partial charge >= 0.3 is 0 Å². The van der Waals surface area contributed by atoms with Crippen LogP contribution in [0.4, 0.5) is 11.4 Å². The van der Waals surface area contributed by atoms with Crippen LogP contribution in [0.1, 0.15) is 11.1 Å². The number of para-hydroxylation sites is 2. The molecule has 0 spiro atoms. The van der Waals surface area contributed by atoms with Gasteiger partial charge in [-0.15, -0.1) is 0 Å². The molecule has 1 aliphatic heterocycles. The topological polar surface area (TPSA) is 57.0 Å². The molecule has 5 aromatic rings. The van der Waals surface area contributed by atoms with Crippen molar-refractivity contribution in [1.82, 2.24) is 4.98 Å². The van der Waals surface area contributed by atoms with Crippen LogP contribution >= 0.6 is 35.1 Å². The first-order valence-corrected chi connectivity index (χ1v) is 14.8. The number of pyridine rings is 1. The first kappa shape index (κ1) is 26.2. The molecule has 4 nitrogen and oxygen atoms in total. The van der Waals surface area contributed by atoms with Crippen LogP contribution in [0.15, 0.2) is 118 Å². The molecule has 0 bridgehead atoms. The summed E-state index contributed by atoms with van der Waals surface area (Å²) in [5, 5.41) is 11.4. The zero-order valence-electron chi connectivity index (χ0n) is 21.5. The van der Waals surface area contributed by atoms with Crippen LogP contribution in [0, 0.1) is 18.3 Å². The van der Waals surface area contributed by atoms with Crippen LogP contribution in [0.5, 0.6) is 0 Å². The third-order valence-corrected chi connectivity index (χ3v) is 8.96. The van der Waals surface area contributed by atoms with Gasteiger partial charge in [-0.3, -0.25) is 9.69 Å². The molecule has 0 radical (unpaired) electrons. The third kappa shape index (κ3) is 5.12. The van der Waals surface area contributed by atoms with Crippen molar-refractivity contribution in [3.8, 4) is 28.5 Å². The summed E-state index contributed by atoms with van der Waals surface area (Å²) < 4.78 is 0. The second kappa shape index (κ2) is 11.2. The van der Waals surface area contributed by atoms with E-state index in [9.17, 15) is 10.1 Å². The largest absolute Gasteiger partial charge is 0.278 e. The van der Waals surface area contributed by atoms with Crippen molar-refractivity contribution in [2.45, 2.75) is 21.7 Å². The normalized spacial score (nSPS) is 11.9. The predicted octanol–water partition coefficient (Wildman–Crippen LogP) is 9.17. The van der Waals surface area contributed by atoms with Gasteiger partial charge < -0.3 is 0 Å². The number of carbonyl (C=O) groups excluding carboxylic acids is 1. The van der Waals surface area contributed by atoms with Gasteiger partial charge in [0.25, 0.3) is 0 Å². The molecule has 0 aliphatic carbocycles. The molecule has 40 heavy (non-hydrogen) atoms. The number of hydrogen-bond acceptors (Lipinski definition) is 5. The lowest BCUT2D eigenvalue weighted by Crippen LogP contribution is -2.30. The molecule has 0 saturated heterocycles. The number of nitriles is 1. The number of carbonyl (C=O) groups is 1. The van der Waals surface area contributed by atoms with Gasteiger partial charge in [-0.2, -0.15) is 5.26 Å². The molecular formula is C33H22ClN3OS2. The molecule has 1 amide bonds. The number of aromatic nitrogens is 1. The number of aryl methyl sites for hydroxylation is 1. The summed E-state index contributed by atoms with van der Waals surface area (Å²) in [6, 6.07) is 35.7. The van der Waals surface area contributed by atoms with Gasteiger partial charge in [0.05, 0.1) is 28.4 Å². The molecule has 4 aromatic carbocycles. The van der Waals surface area contributed by atoms with Crippen LogP contribution < -0.4 is 4.90 Å².